The molecule has 0 saturated carbocycles. The van der Waals surface area contributed by atoms with Crippen LogP contribution in [0.2, 0.25) is 0 Å². The highest BCUT2D eigenvalue weighted by molar-refractivity contribution is 7.17. The number of piperidine rings is 5. The first-order chi connectivity index (χ1) is 57.9. The minimum atomic E-state index is 0.530. The molecule has 15 heterocycles. The first kappa shape index (κ1) is 80.6. The maximum Gasteiger partial charge on any atom is 0.134 e. The van der Waals surface area contributed by atoms with E-state index in [9.17, 15) is 0 Å². The topological polar surface area (TPSA) is 64.9 Å². The Morgan fingerprint density at radius 1 is 0.331 bits per heavy atom. The van der Waals surface area contributed by atoms with Crippen LogP contribution < -0.4 is 0 Å². The number of fused-ring (bicyclic) bond motifs is 15. The van der Waals surface area contributed by atoms with Crippen LogP contribution in [-0.4, -0.2) is 134 Å². The fourth-order valence-corrected chi connectivity index (χ4v) is 24.4. The van der Waals surface area contributed by atoms with Crippen LogP contribution in [0.4, 0.5) is 0 Å². The lowest BCUT2D eigenvalue weighted by Gasteiger charge is -2.46. The molecular formula is C107H123N5O4S2. The Bertz CT molecular complexity index is 5360. The number of hydrogen-bond donors (Lipinski definition) is 0. The molecule has 118 heavy (non-hydrogen) atoms. The zero-order valence-corrected chi connectivity index (χ0v) is 72.4. The third-order valence-electron chi connectivity index (χ3n) is 28.6. The number of furan rings is 3. The van der Waals surface area contributed by atoms with Gasteiger partial charge in [0.2, 0.25) is 0 Å². The van der Waals surface area contributed by atoms with Crippen molar-refractivity contribution in [3.8, 4) is 0 Å². The van der Waals surface area contributed by atoms with Crippen molar-refractivity contribution in [2.75, 3.05) is 79.2 Å². The van der Waals surface area contributed by atoms with Gasteiger partial charge < -0.3 is 18.0 Å². The normalized spacial score (nSPS) is 26.7. The third kappa shape index (κ3) is 18.0. The van der Waals surface area contributed by atoms with Crippen molar-refractivity contribution in [2.24, 2.45) is 47.3 Å². The van der Waals surface area contributed by atoms with Crippen molar-refractivity contribution in [3.05, 3.63) is 309 Å². The summed E-state index contributed by atoms with van der Waals surface area (Å²) in [5.41, 5.74) is 18.3. The highest BCUT2D eigenvalue weighted by Gasteiger charge is 2.42. The maximum atomic E-state index is 5.76. The van der Waals surface area contributed by atoms with Crippen LogP contribution in [0.3, 0.4) is 0 Å². The molecule has 15 aliphatic rings. The molecule has 10 bridgehead atoms. The van der Waals surface area contributed by atoms with E-state index in [1.165, 1.54) is 196 Å². The van der Waals surface area contributed by atoms with Crippen LogP contribution in [-0.2, 0) is 36.8 Å². The summed E-state index contributed by atoms with van der Waals surface area (Å²) in [6, 6.07) is 60.1. The number of thiophene rings is 2. The van der Waals surface area contributed by atoms with Gasteiger partial charge in [0.25, 0.3) is 0 Å². The fraction of sp³-hybridized carbons (Fsp3) is 0.421. The first-order valence-corrected chi connectivity index (χ1v) is 46.7. The lowest BCUT2D eigenvalue weighted by atomic mass is 9.74. The van der Waals surface area contributed by atoms with Gasteiger partial charge in [0.05, 0.1) is 25.4 Å². The third-order valence-corrected chi connectivity index (χ3v) is 30.6. The zero-order valence-electron chi connectivity index (χ0n) is 70.8. The Morgan fingerprint density at radius 3 is 1.06 bits per heavy atom. The predicted octanol–water partition coefficient (Wildman–Crippen LogP) is 24.2. The quantitative estimate of drug-likeness (QED) is 0.0655. The van der Waals surface area contributed by atoms with Gasteiger partial charge in [0.15, 0.2) is 0 Å². The van der Waals surface area contributed by atoms with Gasteiger partial charge in [-0.25, -0.2) is 0 Å². The molecule has 0 N–H and O–H groups in total. The lowest BCUT2D eigenvalue weighted by Crippen LogP contribution is -2.52. The van der Waals surface area contributed by atoms with Crippen LogP contribution in [0.25, 0.3) is 53.1 Å². The number of ether oxygens (including phenoxy) is 1. The Morgan fingerprint density at radius 2 is 0.661 bits per heavy atom. The van der Waals surface area contributed by atoms with Crippen molar-refractivity contribution in [3.63, 3.8) is 0 Å². The van der Waals surface area contributed by atoms with Crippen LogP contribution in [0, 0.1) is 75.0 Å². The van der Waals surface area contributed by atoms with Gasteiger partial charge in [0.1, 0.15) is 16.7 Å². The molecule has 12 aromatic rings. The minimum Gasteiger partial charge on any atom is -0.464 e. The molecule has 0 radical (unpaired) electrons. The van der Waals surface area contributed by atoms with Gasteiger partial charge in [-0.3, -0.25) is 24.5 Å². The van der Waals surface area contributed by atoms with Gasteiger partial charge in [-0.2, -0.15) is 0 Å². The zero-order chi connectivity index (χ0) is 80.2. The molecule has 5 aromatic heterocycles. The molecule has 7 aromatic carbocycles. The summed E-state index contributed by atoms with van der Waals surface area (Å²) < 4.78 is 25.5. The maximum absolute atomic E-state index is 5.76. The Hall–Kier alpha value is -8.46. The molecule has 5 fully saturated rings. The lowest BCUT2D eigenvalue weighted by molar-refractivity contribution is 0.0342. The summed E-state index contributed by atoms with van der Waals surface area (Å²) >= 11 is 3.79. The van der Waals surface area contributed by atoms with E-state index >= 15 is 0 Å². The van der Waals surface area contributed by atoms with E-state index in [-0.39, 0.29) is 0 Å². The smallest absolute Gasteiger partial charge is 0.134 e. The second-order valence-electron chi connectivity index (χ2n) is 36.5. The van der Waals surface area contributed by atoms with E-state index in [0.29, 0.717) is 65.7 Å². The Kier molecular flexibility index (Phi) is 25.2. The number of rotatable bonds is 21. The largest absolute Gasteiger partial charge is 0.464 e. The average molecular weight is 1610 g/mol. The molecule has 11 heteroatoms. The number of nitrogens with zero attached hydrogens (tertiary/aromatic N) is 5. The van der Waals surface area contributed by atoms with Crippen molar-refractivity contribution in [1.82, 2.24) is 24.5 Å². The van der Waals surface area contributed by atoms with E-state index < -0.39 is 0 Å². The number of benzene rings is 7. The summed E-state index contributed by atoms with van der Waals surface area (Å²) in [5, 5.41) is 11.5. The van der Waals surface area contributed by atoms with Gasteiger partial charge in [-0.1, -0.05) is 219 Å². The molecule has 0 spiro atoms. The molecule has 15 atom stereocenters. The van der Waals surface area contributed by atoms with Crippen molar-refractivity contribution in [2.45, 2.75) is 161 Å². The van der Waals surface area contributed by atoms with Crippen molar-refractivity contribution < 1.29 is 18.0 Å². The van der Waals surface area contributed by atoms with Gasteiger partial charge in [-0.15, -0.1) is 22.7 Å². The predicted molar refractivity (Wildman–Crippen MR) is 494 cm³/mol. The van der Waals surface area contributed by atoms with Crippen molar-refractivity contribution >= 4 is 75.8 Å². The van der Waals surface area contributed by atoms with Gasteiger partial charge >= 0.3 is 0 Å². The summed E-state index contributed by atoms with van der Waals surface area (Å²) in [4.78, 5) is 13.5. The number of methoxy groups -OCH3 is 1. The highest BCUT2D eigenvalue weighted by atomic mass is 32.1. The molecule has 0 amide bonds. The summed E-state index contributed by atoms with van der Waals surface area (Å²) in [5.74, 6) is 7.35. The van der Waals surface area contributed by atoms with Crippen LogP contribution >= 0.6 is 22.7 Å². The van der Waals surface area contributed by atoms with Crippen LogP contribution in [0.1, 0.15) is 132 Å². The van der Waals surface area contributed by atoms with E-state index in [2.05, 4.69) is 295 Å². The summed E-state index contributed by atoms with van der Waals surface area (Å²) in [6.07, 6.45) is 45.2. The molecule has 5 saturated heterocycles. The first-order valence-electron chi connectivity index (χ1n) is 44.9. The minimum absolute atomic E-state index is 0.530. The van der Waals surface area contributed by atoms with E-state index in [4.69, 9.17) is 18.0 Å². The fourth-order valence-electron chi connectivity index (χ4n) is 22.4. The SMILES string of the molecule is CCC1CC2C=CC1N(CCc1csc3ccc(C)cc13)C2.CCC1CC2C=CC1N(CCc1csc3ccccc13)C2.COCC1CC2C=CC1N(CCc1coc3ccc(C)cc13)C2.Cc1ccc2occ(CCN3CC4C=CC3C(c3ccccc3)C4)c2c1.Cc1ccc2occ(CCN3CC4C=CC3C(c3ccccc3)C4)c2c1. The van der Waals surface area contributed by atoms with E-state index in [1.54, 1.807) is 5.56 Å². The molecule has 612 valence electrons. The van der Waals surface area contributed by atoms with Crippen molar-refractivity contribution in [1.29, 1.82) is 0 Å². The number of aryl methyl sites for hydroxylation is 4. The van der Waals surface area contributed by atoms with E-state index in [1.807, 2.05) is 48.6 Å². The molecular weight excluding hydrogens is 1480 g/mol. The van der Waals surface area contributed by atoms with Gasteiger partial charge in [0, 0.05) is 146 Å². The standard InChI is InChI=1S/2C24H25NO.C20H25NO2.C20H25NS.C19H23NS/c2*1-17-7-10-24-22(13-17)20(16-26-24)11-12-25-15-18-8-9-23(25)21(14-18)19-5-3-2-4-6-19;1-14-3-6-20-18(9-14)16(13-23-20)7-8-21-11-15-4-5-19(21)17(10-15)12-22-2;1-3-16-11-15-5-6-19(16)21(12-15)9-8-17-13-22-20-7-4-14(2)10-18(17)20;1-2-15-11-14-7-8-18(15)20(12-14)10-9-16-13-21-19-6-4-3-5-17(16)19/h2*2-10,13,16,18,21,23H,11-12,14-15H2,1H3;3-6,9,13,15,17,19H,7-8,10-12H2,1-2H3;4-7,10,13,15-16,19H,3,8-9,11-12H2,1-2H3;3-8,13-15,18H,2,9-12H2,1H3. The molecule has 5 aliphatic carbocycles. The number of hydrogen-bond acceptors (Lipinski definition) is 11. The highest BCUT2D eigenvalue weighted by Crippen LogP contribution is 2.45. The Labute approximate surface area is 709 Å². The molecule has 27 rings (SSSR count). The molecule has 10 aliphatic heterocycles. The Balaban J connectivity index is 0.000000102. The van der Waals surface area contributed by atoms with Crippen LogP contribution in [0.5, 0.6) is 0 Å². The monoisotopic (exact) mass is 1610 g/mol. The van der Waals surface area contributed by atoms with E-state index in [0.717, 1.165) is 85.9 Å². The summed E-state index contributed by atoms with van der Waals surface area (Å²) in [7, 11) is 1.82. The molecule has 15 unspecified atom stereocenters. The summed E-state index contributed by atoms with van der Waals surface area (Å²) in [6.45, 7) is 26.0. The average Bonchev–Trinajstić information content (AvgIpc) is 1.40. The second kappa shape index (κ2) is 36.9. The second-order valence-corrected chi connectivity index (χ2v) is 38.3. The molecule has 9 nitrogen and oxygen atoms in total. The van der Waals surface area contributed by atoms with Gasteiger partial charge in [-0.05, 0) is 242 Å². The van der Waals surface area contributed by atoms with Crippen LogP contribution in [0.15, 0.2) is 261 Å².